The van der Waals surface area contributed by atoms with Gasteiger partial charge in [0.25, 0.3) is 5.91 Å². The van der Waals surface area contributed by atoms with Gasteiger partial charge in [0.2, 0.25) is 5.91 Å². The number of aliphatic imine (C=N–C) groups is 1. The van der Waals surface area contributed by atoms with E-state index in [0.29, 0.717) is 17.9 Å². The number of amidine groups is 1. The monoisotopic (exact) mass is 482 g/mol. The normalized spacial score (nSPS) is 21.4. The molecule has 1 fully saturated rings. The summed E-state index contributed by atoms with van der Waals surface area (Å²) in [7, 11) is -1.73. The van der Waals surface area contributed by atoms with Gasteiger partial charge in [0, 0.05) is 10.6 Å². The first kappa shape index (κ1) is 24.3. The van der Waals surface area contributed by atoms with Crippen LogP contribution in [0.4, 0.5) is 4.79 Å². The van der Waals surface area contributed by atoms with Crippen molar-refractivity contribution in [3.8, 4) is 0 Å². The molecule has 0 aromatic heterocycles. The van der Waals surface area contributed by atoms with Gasteiger partial charge in [-0.05, 0) is 37.8 Å². The molecule has 0 bridgehead atoms. The van der Waals surface area contributed by atoms with Crippen molar-refractivity contribution in [2.45, 2.75) is 69.4 Å². The van der Waals surface area contributed by atoms with E-state index < -0.39 is 31.7 Å². The first-order valence-corrected chi connectivity index (χ1v) is 15.3. The van der Waals surface area contributed by atoms with Crippen LogP contribution in [0.3, 0.4) is 0 Å². The maximum atomic E-state index is 13.3. The van der Waals surface area contributed by atoms with Gasteiger partial charge in [-0.15, -0.1) is 0 Å². The molecular weight excluding hydrogens is 448 g/mol. The highest BCUT2D eigenvalue weighted by molar-refractivity contribution is 6.82. The van der Waals surface area contributed by atoms with Crippen molar-refractivity contribution in [3.63, 3.8) is 0 Å². The van der Waals surface area contributed by atoms with Crippen LogP contribution in [0.25, 0.3) is 0 Å². The molecule has 1 aromatic rings. The number of nitrogens with one attached hydrogen (secondary N) is 2. The van der Waals surface area contributed by atoms with E-state index >= 15 is 0 Å². The van der Waals surface area contributed by atoms with E-state index in [4.69, 9.17) is 0 Å². The molecule has 1 atom stereocenters. The molecule has 0 saturated heterocycles. The Kier molecular flexibility index (Phi) is 6.06. The minimum absolute atomic E-state index is 0.0484. The second-order valence-electron chi connectivity index (χ2n) is 11.0. The summed E-state index contributed by atoms with van der Waals surface area (Å²) in [5, 5.41) is 15.5. The van der Waals surface area contributed by atoms with Crippen LogP contribution in [0.15, 0.2) is 46.5 Å². The van der Waals surface area contributed by atoms with Crippen molar-refractivity contribution in [1.82, 2.24) is 15.5 Å². The number of amides is 4. The number of urea groups is 1. The van der Waals surface area contributed by atoms with E-state index in [0.717, 1.165) is 30.4 Å². The van der Waals surface area contributed by atoms with Crippen molar-refractivity contribution in [1.29, 1.82) is 0 Å². The van der Waals surface area contributed by atoms with Gasteiger partial charge in [-0.1, -0.05) is 56.4 Å². The van der Waals surface area contributed by atoms with Gasteiger partial charge >= 0.3 is 6.03 Å². The lowest BCUT2D eigenvalue weighted by atomic mass is 9.83. The average molecular weight is 483 g/mol. The summed E-state index contributed by atoms with van der Waals surface area (Å²) >= 11 is 0. The Bertz CT molecular complexity index is 1080. The van der Waals surface area contributed by atoms with Crippen LogP contribution in [0.1, 0.15) is 44.8 Å². The van der Waals surface area contributed by atoms with Gasteiger partial charge in [0.1, 0.15) is 5.84 Å². The van der Waals surface area contributed by atoms with Gasteiger partial charge in [0.15, 0.2) is 6.10 Å². The lowest BCUT2D eigenvalue weighted by Crippen LogP contribution is -2.55. The zero-order valence-electron chi connectivity index (χ0n) is 20.6. The number of rotatable bonds is 4. The number of aliphatic hydroxyl groups is 1. The molecule has 3 N–H and O–H groups in total. The highest BCUT2D eigenvalue weighted by atomic mass is 28.3. The summed E-state index contributed by atoms with van der Waals surface area (Å²) in [6.07, 6.45) is 1.47. The fraction of sp³-hybridized carbons (Fsp3) is 0.520. The van der Waals surface area contributed by atoms with Crippen LogP contribution in [0, 0.1) is 0 Å². The summed E-state index contributed by atoms with van der Waals surface area (Å²) < 4.78 is 0. The molecule has 4 rings (SSSR count). The van der Waals surface area contributed by atoms with Crippen molar-refractivity contribution < 1.29 is 19.5 Å². The molecule has 1 aliphatic carbocycles. The number of benzene rings is 1. The van der Waals surface area contributed by atoms with Crippen LogP contribution in [0.5, 0.6) is 0 Å². The van der Waals surface area contributed by atoms with Gasteiger partial charge < -0.3 is 15.3 Å². The minimum atomic E-state index is -1.73. The first-order chi connectivity index (χ1) is 15.9. The quantitative estimate of drug-likeness (QED) is 0.573. The molecule has 3 aliphatic rings. The molecule has 2 heterocycles. The summed E-state index contributed by atoms with van der Waals surface area (Å²) in [6, 6.07) is 7.90. The largest absolute Gasteiger partial charge is 0.378 e. The van der Waals surface area contributed by atoms with E-state index in [-0.39, 0.29) is 17.5 Å². The number of hydrogen-bond acceptors (Lipinski definition) is 5. The molecule has 8 nitrogen and oxygen atoms in total. The van der Waals surface area contributed by atoms with E-state index in [9.17, 15) is 19.5 Å². The Morgan fingerprint density at radius 3 is 2.32 bits per heavy atom. The summed E-state index contributed by atoms with van der Waals surface area (Å²) in [6.45, 7) is 11.2. The third-order valence-electron chi connectivity index (χ3n) is 7.92. The number of carbonyl (C=O) groups excluding carboxylic acids is 3. The maximum absolute atomic E-state index is 13.3. The predicted octanol–water partition coefficient (Wildman–Crippen LogP) is 3.14. The second-order valence-corrected chi connectivity index (χ2v) is 16.5. The van der Waals surface area contributed by atoms with Crippen molar-refractivity contribution in [3.05, 3.63) is 47.0 Å². The second kappa shape index (κ2) is 8.46. The standard InChI is InChI=1S/C25H34N4O4Si/c1-24(2)18-14-26-20(27-22(32)25(12-9-13-25)34(3,4)5)17(18)15-29(24)23(33)28-21(31)19(30)16-10-7-6-8-11-16/h6-8,10-11,19,30H,9,12-15H2,1-5H3,(H,26,27,32)(H,28,31,33). The molecule has 2 aliphatic heterocycles. The predicted molar refractivity (Wildman–Crippen MR) is 133 cm³/mol. The summed E-state index contributed by atoms with van der Waals surface area (Å²) in [4.78, 5) is 45.1. The zero-order valence-corrected chi connectivity index (χ0v) is 21.6. The highest BCUT2D eigenvalue weighted by Crippen LogP contribution is 2.55. The lowest BCUT2D eigenvalue weighted by Gasteiger charge is -2.49. The van der Waals surface area contributed by atoms with Crippen LogP contribution < -0.4 is 10.6 Å². The number of imide groups is 1. The zero-order chi connectivity index (χ0) is 24.9. The number of hydrogen-bond donors (Lipinski definition) is 3. The van der Waals surface area contributed by atoms with Gasteiger partial charge in [-0.3, -0.25) is 19.9 Å². The maximum Gasteiger partial charge on any atom is 0.325 e. The van der Waals surface area contributed by atoms with Crippen molar-refractivity contribution >= 4 is 31.8 Å². The van der Waals surface area contributed by atoms with Crippen molar-refractivity contribution in [2.24, 2.45) is 4.99 Å². The number of carbonyl (C=O) groups is 3. The Morgan fingerprint density at radius 2 is 1.76 bits per heavy atom. The fourth-order valence-electron chi connectivity index (χ4n) is 5.29. The van der Waals surface area contributed by atoms with E-state index in [1.54, 1.807) is 35.2 Å². The Labute approximate surface area is 201 Å². The minimum Gasteiger partial charge on any atom is -0.378 e. The molecule has 4 amide bonds. The van der Waals surface area contributed by atoms with Gasteiger partial charge in [0.05, 0.1) is 26.7 Å². The molecule has 1 unspecified atom stereocenters. The van der Waals surface area contributed by atoms with E-state index in [1.807, 2.05) is 13.8 Å². The van der Waals surface area contributed by atoms with Crippen LogP contribution in [0.2, 0.25) is 24.7 Å². The fourth-order valence-corrected chi connectivity index (χ4v) is 7.88. The Hall–Kier alpha value is -2.78. The van der Waals surface area contributed by atoms with E-state index in [2.05, 4.69) is 35.3 Å². The molecule has 1 aromatic carbocycles. The topological polar surface area (TPSA) is 111 Å². The molecule has 0 spiro atoms. The van der Waals surface area contributed by atoms with E-state index in [1.165, 1.54) is 0 Å². The van der Waals surface area contributed by atoms with Crippen LogP contribution >= 0.6 is 0 Å². The molecule has 182 valence electrons. The summed E-state index contributed by atoms with van der Waals surface area (Å²) in [5.41, 5.74) is 1.54. The third kappa shape index (κ3) is 3.90. The molecular formula is C25H34N4O4Si. The average Bonchev–Trinajstić information content (AvgIpc) is 3.24. The molecule has 1 saturated carbocycles. The Balaban J connectivity index is 1.45. The molecule has 34 heavy (non-hydrogen) atoms. The number of nitrogens with zero attached hydrogens (tertiary/aromatic N) is 2. The SMILES string of the molecule is CC1(C)C2=C(CN1C(=O)NC(=O)C(O)c1ccccc1)C(NC(=O)C1([Si](C)(C)C)CCC1)=NC2. The number of aliphatic hydroxyl groups excluding tert-OH is 1. The molecule has 9 heteroatoms. The first-order valence-electron chi connectivity index (χ1n) is 11.8. The lowest BCUT2D eigenvalue weighted by molar-refractivity contribution is -0.128. The third-order valence-corrected chi connectivity index (χ3v) is 11.5. The van der Waals surface area contributed by atoms with Crippen LogP contribution in [-0.4, -0.2) is 60.4 Å². The smallest absolute Gasteiger partial charge is 0.325 e. The summed E-state index contributed by atoms with van der Waals surface area (Å²) in [5.74, 6) is -0.181. The van der Waals surface area contributed by atoms with Crippen LogP contribution in [-0.2, 0) is 9.59 Å². The van der Waals surface area contributed by atoms with Gasteiger partial charge in [-0.25, -0.2) is 4.79 Å². The van der Waals surface area contributed by atoms with Crippen molar-refractivity contribution in [2.75, 3.05) is 13.1 Å². The van der Waals surface area contributed by atoms with Gasteiger partial charge in [-0.2, -0.15) is 0 Å². The Morgan fingerprint density at radius 1 is 1.12 bits per heavy atom. The highest BCUT2D eigenvalue weighted by Gasteiger charge is 2.54. The molecule has 0 radical (unpaired) electrons.